The van der Waals surface area contributed by atoms with Gasteiger partial charge < -0.3 is 10.2 Å². The standard InChI is InChI=1S/C19H22FN3/c1-5-18(23(3)4)14-12-16(2)11-13-17-9-7-6-8-10-19(20)22-15-21-17/h5-7,9-10,12,14-15H,1,8H2,2-4H3,(H,21,22)/b7-6+,16-12+,17-9-,18-14+,19-10?. The quantitative estimate of drug-likeness (QED) is 0.487. The van der Waals surface area contributed by atoms with Gasteiger partial charge in [0, 0.05) is 19.8 Å². The lowest BCUT2D eigenvalue weighted by Crippen LogP contribution is -2.09. The highest BCUT2D eigenvalue weighted by molar-refractivity contribution is 5.61. The highest BCUT2D eigenvalue weighted by Crippen LogP contribution is 2.03. The molecule has 0 fully saturated rings. The van der Waals surface area contributed by atoms with Crippen LogP contribution in [0.3, 0.4) is 0 Å². The first-order chi connectivity index (χ1) is 11.0. The molecule has 0 aromatic rings. The molecular formula is C19H22FN3. The van der Waals surface area contributed by atoms with Crippen LogP contribution in [-0.4, -0.2) is 25.3 Å². The van der Waals surface area contributed by atoms with Gasteiger partial charge in [-0.2, -0.15) is 4.39 Å². The molecule has 0 amide bonds. The van der Waals surface area contributed by atoms with Gasteiger partial charge in [0.25, 0.3) is 0 Å². The first-order valence-corrected chi connectivity index (χ1v) is 7.25. The zero-order valence-corrected chi connectivity index (χ0v) is 13.8. The van der Waals surface area contributed by atoms with Crippen LogP contribution in [0.25, 0.3) is 0 Å². The molecule has 0 bridgehead atoms. The molecule has 1 N–H and O–H groups in total. The molecule has 1 aliphatic rings. The van der Waals surface area contributed by atoms with E-state index >= 15 is 0 Å². The summed E-state index contributed by atoms with van der Waals surface area (Å²) in [4.78, 5) is 5.60. The topological polar surface area (TPSA) is 27.6 Å². The lowest BCUT2D eigenvalue weighted by Gasteiger charge is -2.11. The highest BCUT2D eigenvalue weighted by atomic mass is 19.1. The smallest absolute Gasteiger partial charge is 0.210 e. The Labute approximate surface area is 138 Å². The predicted molar refractivity (Wildman–Crippen MR) is 96.2 cm³/mol. The zero-order chi connectivity index (χ0) is 17.1. The number of likely N-dealkylation sites (N-methyl/N-ethyl adjacent to an activating group) is 1. The molecule has 0 saturated heterocycles. The summed E-state index contributed by atoms with van der Waals surface area (Å²) in [5.41, 5.74) is 2.55. The molecule has 0 aliphatic carbocycles. The van der Waals surface area contributed by atoms with E-state index in [1.54, 1.807) is 6.08 Å². The van der Waals surface area contributed by atoms with Gasteiger partial charge in [-0.1, -0.05) is 24.7 Å². The number of allylic oxidation sites excluding steroid dienone is 9. The largest absolute Gasteiger partial charge is 0.378 e. The van der Waals surface area contributed by atoms with E-state index in [9.17, 15) is 4.39 Å². The first-order valence-electron chi connectivity index (χ1n) is 7.25. The molecule has 0 aromatic heterocycles. The summed E-state index contributed by atoms with van der Waals surface area (Å²) in [5, 5.41) is 2.87. The molecule has 0 unspecified atom stereocenters. The molecule has 0 saturated carbocycles. The van der Waals surface area contributed by atoms with Crippen molar-refractivity contribution in [3.63, 3.8) is 0 Å². The summed E-state index contributed by atoms with van der Waals surface area (Å²) in [6.45, 7) is 5.69. The van der Waals surface area contributed by atoms with Crippen LogP contribution < -0.4 is 5.32 Å². The van der Waals surface area contributed by atoms with Crippen LogP contribution >= 0.6 is 0 Å². The molecule has 1 heterocycles. The van der Waals surface area contributed by atoms with E-state index in [0.29, 0.717) is 12.1 Å². The van der Waals surface area contributed by atoms with Crippen LogP contribution in [0.2, 0.25) is 0 Å². The molecule has 1 aliphatic heterocycles. The maximum absolute atomic E-state index is 13.2. The molecule has 0 spiro atoms. The Bertz CT molecular complexity index is 662. The molecule has 0 aromatic carbocycles. The Hall–Kier alpha value is -2.80. The van der Waals surface area contributed by atoms with Crippen molar-refractivity contribution in [1.29, 1.82) is 0 Å². The molecule has 4 heteroatoms. The molecule has 120 valence electrons. The van der Waals surface area contributed by atoms with Gasteiger partial charge in [-0.25, -0.2) is 4.99 Å². The molecule has 0 atom stereocenters. The Kier molecular flexibility index (Phi) is 7.95. The van der Waals surface area contributed by atoms with Crippen LogP contribution in [0.4, 0.5) is 4.39 Å². The number of nitrogens with zero attached hydrogens (tertiary/aromatic N) is 2. The second kappa shape index (κ2) is 10.0. The van der Waals surface area contributed by atoms with Crippen molar-refractivity contribution in [3.8, 4) is 11.8 Å². The number of aliphatic imine (C=N–C) groups is 1. The number of nitrogens with one attached hydrogen (secondary N) is 1. The maximum Gasteiger partial charge on any atom is 0.210 e. The average Bonchev–Trinajstić information content (AvgIpc) is 2.52. The van der Waals surface area contributed by atoms with Crippen LogP contribution in [0, 0.1) is 11.8 Å². The number of hydrogen-bond acceptors (Lipinski definition) is 3. The Morgan fingerprint density at radius 3 is 2.91 bits per heavy atom. The van der Waals surface area contributed by atoms with Crippen molar-refractivity contribution >= 4 is 6.34 Å². The second-order valence-corrected chi connectivity index (χ2v) is 4.96. The third-order valence-corrected chi connectivity index (χ3v) is 2.85. The first kappa shape index (κ1) is 18.2. The Balaban J connectivity index is 2.87. The van der Waals surface area contributed by atoms with E-state index in [4.69, 9.17) is 0 Å². The van der Waals surface area contributed by atoms with Crippen LogP contribution in [0.5, 0.6) is 0 Å². The van der Waals surface area contributed by atoms with Crippen LogP contribution in [0.15, 0.2) is 77.0 Å². The van der Waals surface area contributed by atoms with Crippen molar-refractivity contribution in [2.45, 2.75) is 13.3 Å². The van der Waals surface area contributed by atoms with Gasteiger partial charge in [-0.3, -0.25) is 0 Å². The fraction of sp³-hybridized carbons (Fsp3) is 0.211. The normalized spacial score (nSPS) is 20.7. The van der Waals surface area contributed by atoms with Gasteiger partial charge in [-0.15, -0.1) is 0 Å². The summed E-state index contributed by atoms with van der Waals surface area (Å²) in [6, 6.07) is 0. The summed E-state index contributed by atoms with van der Waals surface area (Å²) in [7, 11) is 3.91. The van der Waals surface area contributed by atoms with E-state index in [1.807, 2.05) is 56.3 Å². The lowest BCUT2D eigenvalue weighted by molar-refractivity contribution is 0.530. The van der Waals surface area contributed by atoms with E-state index in [0.717, 1.165) is 11.3 Å². The minimum absolute atomic E-state index is 0.499. The average molecular weight is 311 g/mol. The van der Waals surface area contributed by atoms with Crippen molar-refractivity contribution in [2.24, 2.45) is 4.99 Å². The molecule has 1 rings (SSSR count). The monoisotopic (exact) mass is 311 g/mol. The maximum atomic E-state index is 13.2. The zero-order valence-electron chi connectivity index (χ0n) is 13.8. The van der Waals surface area contributed by atoms with E-state index in [-0.39, 0.29) is 0 Å². The molecule has 3 nitrogen and oxygen atoms in total. The van der Waals surface area contributed by atoms with Gasteiger partial charge in [0.1, 0.15) is 0 Å². The van der Waals surface area contributed by atoms with E-state index in [1.165, 1.54) is 12.4 Å². The Morgan fingerprint density at radius 2 is 2.22 bits per heavy atom. The number of rotatable bonds is 3. The summed E-state index contributed by atoms with van der Waals surface area (Å²) in [6.07, 6.45) is 14.4. The fourth-order valence-corrected chi connectivity index (χ4v) is 1.57. The molecular weight excluding hydrogens is 289 g/mol. The number of hydrogen-bond donors (Lipinski definition) is 1. The highest BCUT2D eigenvalue weighted by Gasteiger charge is 1.93. The second-order valence-electron chi connectivity index (χ2n) is 4.96. The van der Waals surface area contributed by atoms with Gasteiger partial charge in [0.15, 0.2) is 0 Å². The third-order valence-electron chi connectivity index (χ3n) is 2.85. The van der Waals surface area contributed by atoms with Crippen molar-refractivity contribution in [2.75, 3.05) is 14.1 Å². The number of halogens is 1. The SMILES string of the molecule is C=C/C(=C\C=C(/C)C#C/C1=C/C=C/CC=C(F)/N=C/N1)N(C)C. The summed E-state index contributed by atoms with van der Waals surface area (Å²) < 4.78 is 13.2. The minimum atomic E-state index is -0.516. The summed E-state index contributed by atoms with van der Waals surface area (Å²) in [5.74, 6) is 5.53. The van der Waals surface area contributed by atoms with E-state index < -0.39 is 5.95 Å². The molecule has 23 heavy (non-hydrogen) atoms. The van der Waals surface area contributed by atoms with Gasteiger partial charge in [-0.05, 0) is 55.2 Å². The third kappa shape index (κ3) is 7.68. The summed E-state index contributed by atoms with van der Waals surface area (Å²) >= 11 is 0. The lowest BCUT2D eigenvalue weighted by atomic mass is 10.2. The van der Waals surface area contributed by atoms with Gasteiger partial charge in [0.2, 0.25) is 5.95 Å². The van der Waals surface area contributed by atoms with Crippen LogP contribution in [0.1, 0.15) is 13.3 Å². The minimum Gasteiger partial charge on any atom is -0.378 e. The van der Waals surface area contributed by atoms with Crippen molar-refractivity contribution < 1.29 is 4.39 Å². The van der Waals surface area contributed by atoms with E-state index in [2.05, 4.69) is 28.7 Å². The van der Waals surface area contributed by atoms with Crippen molar-refractivity contribution in [1.82, 2.24) is 10.2 Å². The van der Waals surface area contributed by atoms with Crippen molar-refractivity contribution in [3.05, 3.63) is 72.0 Å². The predicted octanol–water partition coefficient (Wildman–Crippen LogP) is 3.84. The van der Waals surface area contributed by atoms with Gasteiger partial charge >= 0.3 is 0 Å². The molecule has 0 radical (unpaired) electrons. The Morgan fingerprint density at radius 1 is 1.43 bits per heavy atom. The van der Waals surface area contributed by atoms with Gasteiger partial charge in [0.05, 0.1) is 12.0 Å². The van der Waals surface area contributed by atoms with Crippen LogP contribution in [-0.2, 0) is 0 Å². The fourth-order valence-electron chi connectivity index (χ4n) is 1.57.